The molecule has 0 radical (unpaired) electrons. The van der Waals surface area contributed by atoms with Crippen LogP contribution in [0.3, 0.4) is 0 Å². The van der Waals surface area contributed by atoms with Gasteiger partial charge in [0.05, 0.1) is 17.8 Å². The van der Waals surface area contributed by atoms with Crippen molar-refractivity contribution < 1.29 is 9.90 Å². The number of anilines is 1. The zero-order valence-corrected chi connectivity index (χ0v) is 9.51. The molecule has 1 aromatic heterocycles. The molecule has 2 atom stereocenters. The summed E-state index contributed by atoms with van der Waals surface area (Å²) in [5.41, 5.74) is 0.442. The van der Waals surface area contributed by atoms with Crippen molar-refractivity contribution in [1.82, 2.24) is 9.88 Å². The number of hydrogen-bond donors (Lipinski definition) is 3. The summed E-state index contributed by atoms with van der Waals surface area (Å²) in [6.07, 6.45) is 1.51. The SMILES string of the molecule is Cn1cc(NC(=O)C2CC(O)CN2)ccc1=O. The highest BCUT2D eigenvalue weighted by atomic mass is 16.3. The van der Waals surface area contributed by atoms with E-state index in [4.69, 9.17) is 0 Å². The van der Waals surface area contributed by atoms with Gasteiger partial charge in [-0.2, -0.15) is 0 Å². The normalized spacial score (nSPS) is 23.6. The molecule has 0 saturated carbocycles. The number of nitrogens with one attached hydrogen (secondary N) is 2. The molecule has 6 nitrogen and oxygen atoms in total. The number of pyridine rings is 1. The first-order chi connectivity index (χ1) is 8.06. The van der Waals surface area contributed by atoms with Crippen molar-refractivity contribution in [3.8, 4) is 0 Å². The Morgan fingerprint density at radius 2 is 2.35 bits per heavy atom. The maximum atomic E-state index is 11.8. The standard InChI is InChI=1S/C11H15N3O3/c1-14-6-7(2-3-10(14)16)13-11(17)9-4-8(15)5-12-9/h2-3,6,8-9,12,15H,4-5H2,1H3,(H,13,17). The minimum Gasteiger partial charge on any atom is -0.392 e. The van der Waals surface area contributed by atoms with Gasteiger partial charge >= 0.3 is 0 Å². The fourth-order valence-electron chi connectivity index (χ4n) is 1.81. The van der Waals surface area contributed by atoms with E-state index in [1.807, 2.05) is 0 Å². The van der Waals surface area contributed by atoms with Gasteiger partial charge in [-0.15, -0.1) is 0 Å². The third kappa shape index (κ3) is 2.72. The number of aliphatic hydroxyl groups is 1. The van der Waals surface area contributed by atoms with Crippen LogP contribution >= 0.6 is 0 Å². The first kappa shape index (κ1) is 11.8. The number of rotatable bonds is 2. The number of β-amino-alcohol motifs (C(OH)–C–C–N with tert-alkyl or cyclic N) is 1. The number of nitrogens with zero attached hydrogens (tertiary/aromatic N) is 1. The summed E-state index contributed by atoms with van der Waals surface area (Å²) in [4.78, 5) is 22.9. The summed E-state index contributed by atoms with van der Waals surface area (Å²) in [5.74, 6) is -0.194. The van der Waals surface area contributed by atoms with Gasteiger partial charge in [0.25, 0.3) is 0 Å². The van der Waals surface area contributed by atoms with E-state index in [1.165, 1.54) is 10.6 Å². The molecule has 0 aliphatic carbocycles. The van der Waals surface area contributed by atoms with Gasteiger partial charge in [-0.05, 0) is 12.5 Å². The highest BCUT2D eigenvalue weighted by molar-refractivity contribution is 5.94. The highest BCUT2D eigenvalue weighted by Gasteiger charge is 2.27. The molecule has 1 aliphatic heterocycles. The first-order valence-corrected chi connectivity index (χ1v) is 5.45. The molecule has 1 saturated heterocycles. The molecule has 1 aliphatic rings. The van der Waals surface area contributed by atoms with Gasteiger partial charge in [0, 0.05) is 25.9 Å². The number of hydrogen-bond acceptors (Lipinski definition) is 4. The summed E-state index contributed by atoms with van der Waals surface area (Å²) in [6.45, 7) is 0.436. The fourth-order valence-corrected chi connectivity index (χ4v) is 1.81. The van der Waals surface area contributed by atoms with Crippen molar-refractivity contribution >= 4 is 11.6 Å². The molecule has 1 aromatic rings. The number of amides is 1. The molecule has 0 spiro atoms. The first-order valence-electron chi connectivity index (χ1n) is 5.45. The van der Waals surface area contributed by atoms with E-state index in [9.17, 15) is 14.7 Å². The molecule has 1 amide bonds. The molecule has 0 aromatic carbocycles. The lowest BCUT2D eigenvalue weighted by Gasteiger charge is -2.11. The smallest absolute Gasteiger partial charge is 0.250 e. The van der Waals surface area contributed by atoms with Gasteiger partial charge in [0.2, 0.25) is 11.5 Å². The molecule has 2 rings (SSSR count). The van der Waals surface area contributed by atoms with Crippen molar-refractivity contribution in [2.24, 2.45) is 7.05 Å². The lowest BCUT2D eigenvalue weighted by Crippen LogP contribution is -2.35. The molecule has 92 valence electrons. The minimum absolute atomic E-state index is 0.127. The molecule has 6 heteroatoms. The van der Waals surface area contributed by atoms with Crippen LogP contribution in [0, 0.1) is 0 Å². The average Bonchev–Trinajstić information content (AvgIpc) is 2.70. The van der Waals surface area contributed by atoms with Crippen molar-refractivity contribution in [2.45, 2.75) is 18.6 Å². The van der Waals surface area contributed by atoms with Crippen molar-refractivity contribution in [3.63, 3.8) is 0 Å². The molecular weight excluding hydrogens is 222 g/mol. The van der Waals surface area contributed by atoms with Crippen LogP contribution in [0.2, 0.25) is 0 Å². The van der Waals surface area contributed by atoms with E-state index in [-0.39, 0.29) is 17.5 Å². The Hall–Kier alpha value is -1.66. The van der Waals surface area contributed by atoms with E-state index >= 15 is 0 Å². The van der Waals surface area contributed by atoms with Crippen LogP contribution in [0.25, 0.3) is 0 Å². The maximum absolute atomic E-state index is 11.8. The van der Waals surface area contributed by atoms with Gasteiger partial charge in [-0.25, -0.2) is 0 Å². The molecule has 0 bridgehead atoms. The number of aromatic nitrogens is 1. The minimum atomic E-state index is -0.467. The van der Waals surface area contributed by atoms with E-state index in [0.29, 0.717) is 18.7 Å². The molecule has 2 heterocycles. The van der Waals surface area contributed by atoms with E-state index in [1.54, 1.807) is 19.3 Å². The number of carbonyl (C=O) groups excluding carboxylic acids is 1. The predicted octanol–water partition coefficient (Wildman–Crippen LogP) is -0.953. The monoisotopic (exact) mass is 237 g/mol. The topological polar surface area (TPSA) is 83.4 Å². The van der Waals surface area contributed by atoms with Crippen LogP contribution in [0.4, 0.5) is 5.69 Å². The second-order valence-electron chi connectivity index (χ2n) is 4.21. The Balaban J connectivity index is 2.03. The third-order valence-electron chi connectivity index (χ3n) is 2.78. The summed E-state index contributed by atoms with van der Waals surface area (Å²) in [7, 11) is 1.62. The van der Waals surface area contributed by atoms with Crippen LogP contribution in [0.1, 0.15) is 6.42 Å². The number of aryl methyl sites for hydroxylation is 1. The van der Waals surface area contributed by atoms with Gasteiger partial charge in [0.1, 0.15) is 0 Å². The van der Waals surface area contributed by atoms with Crippen LogP contribution < -0.4 is 16.2 Å². The molecule has 2 unspecified atom stereocenters. The maximum Gasteiger partial charge on any atom is 0.250 e. The van der Waals surface area contributed by atoms with Gasteiger partial charge < -0.3 is 20.3 Å². The Morgan fingerprint density at radius 3 is 2.94 bits per heavy atom. The van der Waals surface area contributed by atoms with E-state index in [2.05, 4.69) is 10.6 Å². The summed E-state index contributed by atoms with van der Waals surface area (Å²) in [6, 6.07) is 2.58. The molecule has 3 N–H and O–H groups in total. The van der Waals surface area contributed by atoms with E-state index < -0.39 is 6.10 Å². The summed E-state index contributed by atoms with van der Waals surface area (Å²) < 4.78 is 1.40. The van der Waals surface area contributed by atoms with Crippen LogP contribution in [0.15, 0.2) is 23.1 Å². The Kier molecular flexibility index (Phi) is 3.26. The summed E-state index contributed by atoms with van der Waals surface area (Å²) in [5, 5.41) is 14.9. The zero-order chi connectivity index (χ0) is 12.4. The van der Waals surface area contributed by atoms with Gasteiger partial charge in [-0.3, -0.25) is 9.59 Å². The molecular formula is C11H15N3O3. The second-order valence-corrected chi connectivity index (χ2v) is 4.21. The average molecular weight is 237 g/mol. The second kappa shape index (κ2) is 4.68. The largest absolute Gasteiger partial charge is 0.392 e. The third-order valence-corrected chi connectivity index (χ3v) is 2.78. The molecule has 1 fully saturated rings. The van der Waals surface area contributed by atoms with E-state index in [0.717, 1.165) is 0 Å². The number of carbonyl (C=O) groups is 1. The number of aliphatic hydroxyl groups excluding tert-OH is 1. The molecule has 17 heavy (non-hydrogen) atoms. The van der Waals surface area contributed by atoms with Gasteiger partial charge in [0.15, 0.2) is 0 Å². The Bertz CT molecular complexity index is 483. The van der Waals surface area contributed by atoms with Crippen molar-refractivity contribution in [2.75, 3.05) is 11.9 Å². The Labute approximate surface area is 98.3 Å². The summed E-state index contributed by atoms with van der Waals surface area (Å²) >= 11 is 0. The predicted molar refractivity (Wildman–Crippen MR) is 62.7 cm³/mol. The highest BCUT2D eigenvalue weighted by Crippen LogP contribution is 2.10. The Morgan fingerprint density at radius 1 is 1.59 bits per heavy atom. The lowest BCUT2D eigenvalue weighted by atomic mass is 10.2. The fraction of sp³-hybridized carbons (Fsp3) is 0.455. The van der Waals surface area contributed by atoms with Crippen molar-refractivity contribution in [1.29, 1.82) is 0 Å². The quantitative estimate of drug-likeness (QED) is 0.619. The van der Waals surface area contributed by atoms with Crippen molar-refractivity contribution in [3.05, 3.63) is 28.7 Å². The van der Waals surface area contributed by atoms with Gasteiger partial charge in [-0.1, -0.05) is 0 Å². The zero-order valence-electron chi connectivity index (χ0n) is 9.51. The van der Waals surface area contributed by atoms with Crippen LogP contribution in [-0.4, -0.2) is 34.3 Å². The van der Waals surface area contributed by atoms with Crippen LogP contribution in [0.5, 0.6) is 0 Å². The van der Waals surface area contributed by atoms with Crippen LogP contribution in [-0.2, 0) is 11.8 Å². The lowest BCUT2D eigenvalue weighted by molar-refractivity contribution is -0.117.